The van der Waals surface area contributed by atoms with Gasteiger partial charge in [0.2, 0.25) is 0 Å². The Labute approximate surface area is 108 Å². The summed E-state index contributed by atoms with van der Waals surface area (Å²) in [5.74, 6) is 0. The van der Waals surface area contributed by atoms with Crippen molar-refractivity contribution in [2.24, 2.45) is 7.05 Å². The first-order chi connectivity index (χ1) is 8.70. The van der Waals surface area contributed by atoms with Crippen molar-refractivity contribution in [3.05, 3.63) is 58.9 Å². The number of benzene rings is 1. The van der Waals surface area contributed by atoms with Crippen LogP contribution in [0.1, 0.15) is 22.4 Å². The summed E-state index contributed by atoms with van der Waals surface area (Å²) in [5, 5.41) is 12.3. The van der Waals surface area contributed by atoms with Crippen molar-refractivity contribution in [3.8, 4) is 6.07 Å². The standard InChI is InChI=1S/C15H17N3/c1-12-5-3-4-6-14(12)10-17-9-13-7-15(8-16)18(2)11-13/h3-7,11,17H,9-10H2,1-2H3. The molecule has 1 N–H and O–H groups in total. The first kappa shape index (κ1) is 12.4. The summed E-state index contributed by atoms with van der Waals surface area (Å²) in [7, 11) is 1.89. The monoisotopic (exact) mass is 239 g/mol. The first-order valence-corrected chi connectivity index (χ1v) is 6.01. The molecule has 18 heavy (non-hydrogen) atoms. The minimum absolute atomic E-state index is 0.697. The second kappa shape index (κ2) is 5.52. The minimum Gasteiger partial charge on any atom is -0.342 e. The van der Waals surface area contributed by atoms with Crippen LogP contribution in [0, 0.1) is 18.3 Å². The van der Waals surface area contributed by atoms with Gasteiger partial charge in [0, 0.05) is 26.3 Å². The van der Waals surface area contributed by atoms with Gasteiger partial charge in [-0.15, -0.1) is 0 Å². The van der Waals surface area contributed by atoms with Crippen LogP contribution >= 0.6 is 0 Å². The number of nitrogens with one attached hydrogen (secondary N) is 1. The van der Waals surface area contributed by atoms with E-state index in [-0.39, 0.29) is 0 Å². The molecule has 0 fully saturated rings. The summed E-state index contributed by atoms with van der Waals surface area (Å²) < 4.78 is 1.85. The SMILES string of the molecule is Cc1ccccc1CNCc1cc(C#N)n(C)c1. The molecule has 3 nitrogen and oxygen atoms in total. The lowest BCUT2D eigenvalue weighted by atomic mass is 10.1. The summed E-state index contributed by atoms with van der Waals surface area (Å²) in [6.45, 7) is 3.75. The fourth-order valence-corrected chi connectivity index (χ4v) is 1.99. The van der Waals surface area contributed by atoms with Crippen molar-refractivity contribution in [1.82, 2.24) is 9.88 Å². The lowest BCUT2D eigenvalue weighted by molar-refractivity contribution is 0.689. The number of nitrogens with zero attached hydrogens (tertiary/aromatic N) is 2. The Morgan fingerprint density at radius 3 is 2.72 bits per heavy atom. The molecule has 2 rings (SSSR count). The molecule has 0 amide bonds. The maximum Gasteiger partial charge on any atom is 0.120 e. The van der Waals surface area contributed by atoms with E-state index < -0.39 is 0 Å². The molecule has 0 bridgehead atoms. The van der Waals surface area contributed by atoms with Gasteiger partial charge in [-0.2, -0.15) is 5.26 Å². The molecule has 3 heteroatoms. The van der Waals surface area contributed by atoms with Crippen LogP contribution in [0.25, 0.3) is 0 Å². The lowest BCUT2D eigenvalue weighted by Crippen LogP contribution is -2.13. The summed E-state index contributed by atoms with van der Waals surface area (Å²) in [4.78, 5) is 0. The number of nitriles is 1. The van der Waals surface area contributed by atoms with Crippen molar-refractivity contribution in [3.63, 3.8) is 0 Å². The van der Waals surface area contributed by atoms with Gasteiger partial charge in [-0.1, -0.05) is 24.3 Å². The Morgan fingerprint density at radius 1 is 1.28 bits per heavy atom. The van der Waals surface area contributed by atoms with Crippen LogP contribution in [0.4, 0.5) is 0 Å². The maximum absolute atomic E-state index is 8.88. The van der Waals surface area contributed by atoms with E-state index in [0.717, 1.165) is 18.7 Å². The number of rotatable bonds is 4. The largest absolute Gasteiger partial charge is 0.342 e. The second-order valence-electron chi connectivity index (χ2n) is 4.49. The molecule has 1 aromatic carbocycles. The molecule has 0 unspecified atom stereocenters. The van der Waals surface area contributed by atoms with Crippen LogP contribution in [0.5, 0.6) is 0 Å². The molecule has 0 aliphatic carbocycles. The Morgan fingerprint density at radius 2 is 2.06 bits per heavy atom. The third kappa shape index (κ3) is 2.79. The number of aromatic nitrogens is 1. The van der Waals surface area contributed by atoms with E-state index in [4.69, 9.17) is 5.26 Å². The van der Waals surface area contributed by atoms with Crippen LogP contribution < -0.4 is 5.32 Å². The van der Waals surface area contributed by atoms with E-state index in [1.54, 1.807) is 0 Å². The molecule has 0 aliphatic rings. The molecule has 92 valence electrons. The highest BCUT2D eigenvalue weighted by Crippen LogP contribution is 2.08. The molecule has 0 radical (unpaired) electrons. The zero-order valence-corrected chi connectivity index (χ0v) is 10.8. The average Bonchev–Trinajstić information content (AvgIpc) is 2.72. The first-order valence-electron chi connectivity index (χ1n) is 6.01. The van der Waals surface area contributed by atoms with Crippen molar-refractivity contribution in [2.45, 2.75) is 20.0 Å². The summed E-state index contributed by atoms with van der Waals surface area (Å²) in [6, 6.07) is 12.4. The van der Waals surface area contributed by atoms with E-state index in [9.17, 15) is 0 Å². The van der Waals surface area contributed by atoms with Crippen LogP contribution in [0.3, 0.4) is 0 Å². The molecular formula is C15H17N3. The van der Waals surface area contributed by atoms with Gasteiger partial charge in [-0.05, 0) is 29.7 Å². The maximum atomic E-state index is 8.88. The molecule has 1 aromatic heterocycles. The van der Waals surface area contributed by atoms with Gasteiger partial charge < -0.3 is 9.88 Å². The van der Waals surface area contributed by atoms with Crippen LogP contribution in [-0.2, 0) is 20.1 Å². The molecule has 2 aromatic rings. The molecule has 0 spiro atoms. The second-order valence-corrected chi connectivity index (χ2v) is 4.49. The summed E-state index contributed by atoms with van der Waals surface area (Å²) >= 11 is 0. The van der Waals surface area contributed by atoms with Crippen molar-refractivity contribution < 1.29 is 0 Å². The smallest absolute Gasteiger partial charge is 0.120 e. The fraction of sp³-hybridized carbons (Fsp3) is 0.267. The molecule has 1 heterocycles. The molecule has 0 saturated carbocycles. The normalized spacial score (nSPS) is 10.3. The van der Waals surface area contributed by atoms with Gasteiger partial charge in [0.05, 0.1) is 0 Å². The Kier molecular flexibility index (Phi) is 3.81. The van der Waals surface area contributed by atoms with Gasteiger partial charge >= 0.3 is 0 Å². The number of hydrogen-bond donors (Lipinski definition) is 1. The van der Waals surface area contributed by atoms with Crippen molar-refractivity contribution in [2.75, 3.05) is 0 Å². The number of hydrogen-bond acceptors (Lipinski definition) is 2. The third-order valence-corrected chi connectivity index (χ3v) is 3.08. The van der Waals surface area contributed by atoms with E-state index in [0.29, 0.717) is 5.69 Å². The predicted molar refractivity (Wildman–Crippen MR) is 71.9 cm³/mol. The average molecular weight is 239 g/mol. The zero-order chi connectivity index (χ0) is 13.0. The van der Waals surface area contributed by atoms with Crippen LogP contribution in [-0.4, -0.2) is 4.57 Å². The van der Waals surface area contributed by atoms with Crippen LogP contribution in [0.2, 0.25) is 0 Å². The zero-order valence-electron chi connectivity index (χ0n) is 10.8. The summed E-state index contributed by atoms with van der Waals surface area (Å²) in [6.07, 6.45) is 1.99. The van der Waals surface area contributed by atoms with Crippen LogP contribution in [0.15, 0.2) is 36.5 Å². The van der Waals surface area contributed by atoms with Crippen molar-refractivity contribution >= 4 is 0 Å². The quantitative estimate of drug-likeness (QED) is 0.890. The van der Waals surface area contributed by atoms with E-state index in [1.165, 1.54) is 11.1 Å². The predicted octanol–water partition coefficient (Wildman–Crippen LogP) is 2.50. The Balaban J connectivity index is 1.93. The van der Waals surface area contributed by atoms with Crippen molar-refractivity contribution in [1.29, 1.82) is 5.26 Å². The summed E-state index contributed by atoms with van der Waals surface area (Å²) in [5.41, 5.74) is 4.45. The third-order valence-electron chi connectivity index (χ3n) is 3.08. The Hall–Kier alpha value is -2.05. The van der Waals surface area contributed by atoms with Gasteiger partial charge in [0.25, 0.3) is 0 Å². The molecular weight excluding hydrogens is 222 g/mol. The highest BCUT2D eigenvalue weighted by molar-refractivity contribution is 5.29. The topological polar surface area (TPSA) is 40.8 Å². The highest BCUT2D eigenvalue weighted by Gasteiger charge is 2.02. The van der Waals surface area contributed by atoms with Gasteiger partial charge in [-0.25, -0.2) is 0 Å². The van der Waals surface area contributed by atoms with Gasteiger partial charge in [0.1, 0.15) is 11.8 Å². The Bertz CT molecular complexity index is 576. The number of aryl methyl sites for hydroxylation is 2. The van der Waals surface area contributed by atoms with E-state index in [1.807, 2.05) is 23.9 Å². The van der Waals surface area contributed by atoms with Gasteiger partial charge in [-0.3, -0.25) is 0 Å². The molecule has 0 atom stereocenters. The van der Waals surface area contributed by atoms with Gasteiger partial charge in [0.15, 0.2) is 0 Å². The fourth-order valence-electron chi connectivity index (χ4n) is 1.99. The van der Waals surface area contributed by atoms with E-state index >= 15 is 0 Å². The lowest BCUT2D eigenvalue weighted by Gasteiger charge is -2.06. The molecule has 0 saturated heterocycles. The van der Waals surface area contributed by atoms with E-state index in [2.05, 4.69) is 42.6 Å². The molecule has 0 aliphatic heterocycles. The highest BCUT2D eigenvalue weighted by atomic mass is 14.9. The minimum atomic E-state index is 0.697.